The second kappa shape index (κ2) is 7.63. The Morgan fingerprint density at radius 3 is 2.61 bits per heavy atom. The van der Waals surface area contributed by atoms with Gasteiger partial charge in [-0.05, 0) is 30.2 Å². The summed E-state index contributed by atoms with van der Waals surface area (Å²) in [5.74, 6) is -0.255. The van der Waals surface area contributed by atoms with Gasteiger partial charge in [0, 0.05) is 13.6 Å². The third-order valence-corrected chi connectivity index (χ3v) is 5.19. The van der Waals surface area contributed by atoms with Crippen molar-refractivity contribution in [2.24, 2.45) is 7.05 Å². The number of alkyl halides is 3. The van der Waals surface area contributed by atoms with Crippen LogP contribution in [-0.2, 0) is 13.6 Å². The number of amides is 1. The molecule has 0 spiro atoms. The lowest BCUT2D eigenvalue weighted by Gasteiger charge is -2.10. The molecule has 1 amide bonds. The maximum atomic E-state index is 12.5. The van der Waals surface area contributed by atoms with E-state index in [9.17, 15) is 22.8 Å². The lowest BCUT2D eigenvalue weighted by molar-refractivity contribution is -0.153. The van der Waals surface area contributed by atoms with Gasteiger partial charge in [-0.2, -0.15) is 13.2 Å². The van der Waals surface area contributed by atoms with E-state index in [1.54, 1.807) is 26.1 Å². The van der Waals surface area contributed by atoms with Gasteiger partial charge in [0.15, 0.2) is 6.61 Å². The van der Waals surface area contributed by atoms with Crippen LogP contribution in [0.4, 0.5) is 13.2 Å². The zero-order valence-corrected chi connectivity index (χ0v) is 15.8. The van der Waals surface area contributed by atoms with Crippen LogP contribution in [-0.4, -0.2) is 28.2 Å². The van der Waals surface area contributed by atoms with Gasteiger partial charge in [0.1, 0.15) is 10.6 Å². The Hall–Kier alpha value is -2.88. The summed E-state index contributed by atoms with van der Waals surface area (Å²) in [6.45, 7) is 0.517. The molecule has 0 aliphatic carbocycles. The maximum absolute atomic E-state index is 12.5. The van der Waals surface area contributed by atoms with E-state index >= 15 is 0 Å². The molecule has 10 heteroatoms. The number of halogens is 3. The molecule has 6 nitrogen and oxygen atoms in total. The number of thiophene rings is 1. The number of nitrogens with zero attached hydrogens (tertiary/aromatic N) is 2. The second-order valence-corrected chi connectivity index (χ2v) is 7.13. The van der Waals surface area contributed by atoms with E-state index in [4.69, 9.17) is 0 Å². The highest BCUT2D eigenvalue weighted by atomic mass is 32.1. The molecule has 28 heavy (non-hydrogen) atoms. The molecule has 0 saturated heterocycles. The van der Waals surface area contributed by atoms with Gasteiger partial charge in [0.05, 0.1) is 16.6 Å². The number of hydrogen-bond donors (Lipinski definition) is 1. The Labute approximate surface area is 161 Å². The molecule has 2 heterocycles. The van der Waals surface area contributed by atoms with Crippen LogP contribution in [0.15, 0.2) is 35.4 Å². The average molecular weight is 411 g/mol. The van der Waals surface area contributed by atoms with Gasteiger partial charge >= 0.3 is 6.18 Å². The fraction of sp³-hybridized carbons (Fsp3) is 0.278. The van der Waals surface area contributed by atoms with Gasteiger partial charge in [-0.1, -0.05) is 12.1 Å². The first-order valence-electron chi connectivity index (χ1n) is 8.17. The number of ether oxygens (including phenoxy) is 1. The van der Waals surface area contributed by atoms with Crippen molar-refractivity contribution in [3.8, 4) is 5.75 Å². The summed E-state index contributed by atoms with van der Waals surface area (Å²) < 4.78 is 42.4. The minimum absolute atomic E-state index is 0.0923. The number of aryl methyl sites for hydroxylation is 2. The third kappa shape index (κ3) is 4.33. The largest absolute Gasteiger partial charge is 0.484 e. The molecule has 0 atom stereocenters. The molecule has 1 N–H and O–H groups in total. The number of aromatic nitrogens is 2. The Morgan fingerprint density at radius 1 is 1.29 bits per heavy atom. The Balaban J connectivity index is 1.68. The zero-order valence-electron chi connectivity index (χ0n) is 15.0. The van der Waals surface area contributed by atoms with Crippen LogP contribution in [0.1, 0.15) is 20.8 Å². The second-order valence-electron chi connectivity index (χ2n) is 6.13. The predicted octanol–water partition coefficient (Wildman–Crippen LogP) is 3.17. The lowest BCUT2D eigenvalue weighted by atomic mass is 10.2. The van der Waals surface area contributed by atoms with Crippen LogP contribution in [0.3, 0.4) is 0 Å². The molecular weight excluding hydrogens is 395 g/mol. The van der Waals surface area contributed by atoms with Crippen molar-refractivity contribution in [3.63, 3.8) is 0 Å². The quantitative estimate of drug-likeness (QED) is 0.700. The number of hydrogen-bond acceptors (Lipinski definition) is 5. The highest BCUT2D eigenvalue weighted by molar-refractivity contribution is 7.20. The Kier molecular flexibility index (Phi) is 5.41. The first kappa shape index (κ1) is 19.9. The summed E-state index contributed by atoms with van der Waals surface area (Å²) in [6.07, 6.45) is -2.99. The summed E-state index contributed by atoms with van der Waals surface area (Å²) in [7, 11) is 1.59. The molecule has 3 rings (SSSR count). The van der Waals surface area contributed by atoms with Crippen molar-refractivity contribution in [1.29, 1.82) is 0 Å². The van der Waals surface area contributed by atoms with E-state index in [2.05, 4.69) is 15.0 Å². The predicted molar refractivity (Wildman–Crippen MR) is 98.8 cm³/mol. The van der Waals surface area contributed by atoms with Crippen LogP contribution in [0.25, 0.3) is 10.2 Å². The van der Waals surface area contributed by atoms with Crippen molar-refractivity contribution < 1.29 is 22.7 Å². The van der Waals surface area contributed by atoms with E-state index in [-0.39, 0.29) is 23.8 Å². The van der Waals surface area contributed by atoms with Gasteiger partial charge in [0.2, 0.25) is 0 Å². The highest BCUT2D eigenvalue weighted by Crippen LogP contribution is 2.26. The number of nitrogens with one attached hydrogen (secondary N) is 1. The van der Waals surface area contributed by atoms with Gasteiger partial charge in [-0.3, -0.25) is 9.59 Å². The first-order valence-corrected chi connectivity index (χ1v) is 8.99. The first-order chi connectivity index (χ1) is 13.2. The number of rotatable bonds is 5. The average Bonchev–Trinajstić information content (AvgIpc) is 2.98. The molecule has 0 radical (unpaired) electrons. The number of carbonyl (C=O) groups excluding carboxylic acids is 1. The molecule has 0 bridgehead atoms. The summed E-state index contributed by atoms with van der Waals surface area (Å²) in [6, 6.07) is 5.96. The number of benzene rings is 1. The van der Waals surface area contributed by atoms with Crippen LogP contribution in [0.2, 0.25) is 0 Å². The lowest BCUT2D eigenvalue weighted by Crippen LogP contribution is -2.23. The van der Waals surface area contributed by atoms with Crippen molar-refractivity contribution in [1.82, 2.24) is 14.9 Å². The summed E-state index contributed by atoms with van der Waals surface area (Å²) >= 11 is 1.14. The van der Waals surface area contributed by atoms with Crippen LogP contribution < -0.4 is 15.6 Å². The molecule has 1 aromatic carbocycles. The van der Waals surface area contributed by atoms with Gasteiger partial charge < -0.3 is 14.6 Å². The number of fused-ring (bicyclic) bond motifs is 1. The molecule has 0 aliphatic rings. The fourth-order valence-electron chi connectivity index (χ4n) is 2.56. The normalized spacial score (nSPS) is 11.6. The summed E-state index contributed by atoms with van der Waals surface area (Å²) in [5, 5.41) is 3.16. The molecule has 0 aliphatic heterocycles. The Morgan fingerprint density at radius 2 is 1.96 bits per heavy atom. The molecule has 148 valence electrons. The van der Waals surface area contributed by atoms with E-state index < -0.39 is 12.8 Å². The van der Waals surface area contributed by atoms with E-state index in [0.717, 1.165) is 11.3 Å². The Bertz CT molecular complexity index is 1070. The zero-order chi connectivity index (χ0) is 20.5. The van der Waals surface area contributed by atoms with Crippen LogP contribution in [0, 0.1) is 6.92 Å². The topological polar surface area (TPSA) is 73.2 Å². The van der Waals surface area contributed by atoms with Crippen molar-refractivity contribution in [2.45, 2.75) is 19.6 Å². The number of carbonyl (C=O) groups is 1. The minimum Gasteiger partial charge on any atom is -0.484 e. The smallest absolute Gasteiger partial charge is 0.422 e. The van der Waals surface area contributed by atoms with Crippen LogP contribution in [0.5, 0.6) is 5.75 Å². The van der Waals surface area contributed by atoms with Crippen molar-refractivity contribution >= 4 is 27.5 Å². The summed E-state index contributed by atoms with van der Waals surface area (Å²) in [4.78, 5) is 29.8. The fourth-order valence-corrected chi connectivity index (χ4v) is 3.61. The molecule has 0 saturated carbocycles. The van der Waals surface area contributed by atoms with Crippen molar-refractivity contribution in [2.75, 3.05) is 6.61 Å². The molecular formula is C18H16F3N3O3S. The molecule has 0 unspecified atom stereocenters. The van der Waals surface area contributed by atoms with Crippen LogP contribution >= 0.6 is 11.3 Å². The molecule has 2 aromatic heterocycles. The van der Waals surface area contributed by atoms with Gasteiger partial charge in [0.25, 0.3) is 11.5 Å². The monoisotopic (exact) mass is 411 g/mol. The molecule has 0 fully saturated rings. The minimum atomic E-state index is -4.40. The van der Waals surface area contributed by atoms with Crippen molar-refractivity contribution in [3.05, 3.63) is 57.0 Å². The van der Waals surface area contributed by atoms with E-state index in [1.807, 2.05) is 0 Å². The third-order valence-electron chi connectivity index (χ3n) is 4.00. The van der Waals surface area contributed by atoms with E-state index in [0.29, 0.717) is 26.2 Å². The highest BCUT2D eigenvalue weighted by Gasteiger charge is 2.28. The summed E-state index contributed by atoms with van der Waals surface area (Å²) in [5.41, 5.74) is 1.05. The SMILES string of the molecule is Cc1c(C(=O)NCc2ccc(OCC(F)(F)F)cc2)sc2ncn(C)c(=O)c12. The maximum Gasteiger partial charge on any atom is 0.422 e. The molecule has 3 aromatic rings. The van der Waals surface area contributed by atoms with E-state index in [1.165, 1.54) is 23.0 Å². The van der Waals surface area contributed by atoms with Gasteiger partial charge in [-0.15, -0.1) is 11.3 Å². The standard InChI is InChI=1S/C18H16F3N3O3S/c1-10-13-16(23-9-24(2)17(13)26)28-14(10)15(25)22-7-11-3-5-12(6-4-11)27-8-18(19,20)21/h3-6,9H,7-8H2,1-2H3,(H,22,25). The van der Waals surface area contributed by atoms with Gasteiger partial charge in [-0.25, -0.2) is 4.98 Å².